The summed E-state index contributed by atoms with van der Waals surface area (Å²) in [7, 11) is 0. The number of fused-ring (bicyclic) bond motifs is 1. The first kappa shape index (κ1) is 18.4. The van der Waals surface area contributed by atoms with Crippen molar-refractivity contribution in [3.63, 3.8) is 0 Å². The number of aromatic nitrogens is 1. The molecular weight excluding hydrogens is 425 g/mol. The Balaban J connectivity index is 1.68. The Hall–Kier alpha value is -2.94. The summed E-state index contributed by atoms with van der Waals surface area (Å²) in [6, 6.07) is 13.1. The van der Waals surface area contributed by atoms with Crippen LogP contribution in [-0.2, 0) is 0 Å². The monoisotopic (exact) mass is 433 g/mol. The van der Waals surface area contributed by atoms with E-state index in [9.17, 15) is 14.9 Å². The Labute approximate surface area is 171 Å². The molecular formula is C18H9Cl2N3O4S. The van der Waals surface area contributed by atoms with E-state index in [0.717, 1.165) is 16.3 Å². The third-order valence-electron chi connectivity index (χ3n) is 3.82. The zero-order valence-electron chi connectivity index (χ0n) is 13.8. The first-order valence-corrected chi connectivity index (χ1v) is 9.40. The molecule has 7 nitrogen and oxygen atoms in total. The summed E-state index contributed by atoms with van der Waals surface area (Å²) in [4.78, 5) is 26.9. The van der Waals surface area contributed by atoms with Gasteiger partial charge in [0.25, 0.3) is 5.91 Å². The lowest BCUT2D eigenvalue weighted by Gasteiger charge is -2.09. The van der Waals surface area contributed by atoms with Crippen molar-refractivity contribution in [2.75, 3.05) is 5.32 Å². The van der Waals surface area contributed by atoms with E-state index >= 15 is 0 Å². The molecule has 0 bridgehead atoms. The zero-order chi connectivity index (χ0) is 19.8. The van der Waals surface area contributed by atoms with Crippen molar-refractivity contribution in [3.8, 4) is 10.6 Å². The summed E-state index contributed by atoms with van der Waals surface area (Å²) in [6.07, 6.45) is 0. The van der Waals surface area contributed by atoms with Crippen LogP contribution in [0.2, 0.25) is 10.0 Å². The Kier molecular flexibility index (Phi) is 4.76. The van der Waals surface area contributed by atoms with Gasteiger partial charge in [-0.2, -0.15) is 0 Å². The molecule has 0 aliphatic carbocycles. The fraction of sp³-hybridized carbons (Fsp3) is 0. The molecule has 1 N–H and O–H groups in total. The van der Waals surface area contributed by atoms with Crippen LogP contribution < -0.4 is 5.32 Å². The minimum absolute atomic E-state index is 0.209. The molecule has 28 heavy (non-hydrogen) atoms. The number of para-hydroxylation sites is 1. The Morgan fingerprint density at radius 2 is 1.93 bits per heavy atom. The summed E-state index contributed by atoms with van der Waals surface area (Å²) in [5, 5.41) is 14.6. The maximum absolute atomic E-state index is 12.3. The molecule has 0 saturated carbocycles. The van der Waals surface area contributed by atoms with Crippen LogP contribution in [0.5, 0.6) is 0 Å². The molecule has 0 spiro atoms. The number of anilines is 1. The molecule has 10 heteroatoms. The first-order valence-electron chi connectivity index (χ1n) is 7.83. The highest BCUT2D eigenvalue weighted by Crippen LogP contribution is 2.39. The van der Waals surface area contributed by atoms with Crippen LogP contribution >= 0.6 is 34.5 Å². The van der Waals surface area contributed by atoms with Gasteiger partial charge in [0, 0.05) is 5.56 Å². The number of hydrogen-bond acceptors (Lipinski definition) is 6. The SMILES string of the molecule is O=C(Nc1cc(-c2nc3ccccc3s2)c(Cl)cc1Cl)c1ccc([N+](=O)[O-])o1. The number of carbonyl (C=O) groups excluding carboxylic acids is 1. The molecule has 2 aromatic carbocycles. The average molecular weight is 434 g/mol. The number of nitro groups is 1. The molecule has 0 aliphatic heterocycles. The lowest BCUT2D eigenvalue weighted by molar-refractivity contribution is -0.402. The van der Waals surface area contributed by atoms with E-state index in [4.69, 9.17) is 27.6 Å². The summed E-state index contributed by atoms with van der Waals surface area (Å²) in [6.45, 7) is 0. The quantitative estimate of drug-likeness (QED) is 0.313. The molecule has 0 radical (unpaired) electrons. The Bertz CT molecular complexity index is 1200. The minimum atomic E-state index is -0.725. The van der Waals surface area contributed by atoms with Gasteiger partial charge >= 0.3 is 5.88 Å². The standard InChI is InChI=1S/C18H9Cl2N3O4S/c19-10-8-11(20)13(21-17(24)14-5-6-16(27-14)23(25)26)7-9(10)18-22-12-3-1-2-4-15(12)28-18/h1-8H,(H,21,24). The summed E-state index contributed by atoms with van der Waals surface area (Å²) in [5.41, 5.74) is 1.72. The van der Waals surface area contributed by atoms with Gasteiger partial charge in [-0.05, 0) is 30.3 Å². The smallest absolute Gasteiger partial charge is 0.395 e. The summed E-state index contributed by atoms with van der Waals surface area (Å²) in [5.74, 6) is -1.41. The van der Waals surface area contributed by atoms with Gasteiger partial charge < -0.3 is 9.73 Å². The maximum Gasteiger partial charge on any atom is 0.433 e. The van der Waals surface area contributed by atoms with Gasteiger partial charge in [0.1, 0.15) is 9.93 Å². The van der Waals surface area contributed by atoms with Crippen molar-refractivity contribution >= 4 is 62.2 Å². The zero-order valence-corrected chi connectivity index (χ0v) is 16.1. The second kappa shape index (κ2) is 7.23. The van der Waals surface area contributed by atoms with E-state index in [1.807, 2.05) is 24.3 Å². The molecule has 4 rings (SSSR count). The lowest BCUT2D eigenvalue weighted by atomic mass is 10.2. The van der Waals surface area contributed by atoms with Gasteiger partial charge in [-0.25, -0.2) is 4.98 Å². The van der Waals surface area contributed by atoms with Gasteiger partial charge in [0.2, 0.25) is 0 Å². The number of halogens is 2. The summed E-state index contributed by atoms with van der Waals surface area (Å²) < 4.78 is 5.90. The van der Waals surface area contributed by atoms with E-state index in [1.165, 1.54) is 23.5 Å². The van der Waals surface area contributed by atoms with E-state index in [1.54, 1.807) is 6.07 Å². The largest absolute Gasteiger partial charge is 0.433 e. The van der Waals surface area contributed by atoms with Crippen molar-refractivity contribution in [3.05, 3.63) is 74.5 Å². The van der Waals surface area contributed by atoms with Crippen molar-refractivity contribution < 1.29 is 14.1 Å². The fourth-order valence-corrected chi connectivity index (χ4v) is 4.10. The van der Waals surface area contributed by atoms with Crippen molar-refractivity contribution in [2.45, 2.75) is 0 Å². The number of thiazole rings is 1. The number of nitrogens with zero attached hydrogens (tertiary/aromatic N) is 2. The molecule has 4 aromatic rings. The van der Waals surface area contributed by atoms with Crippen molar-refractivity contribution in [1.29, 1.82) is 0 Å². The number of hydrogen-bond donors (Lipinski definition) is 1. The van der Waals surface area contributed by atoms with Gasteiger partial charge in [-0.15, -0.1) is 11.3 Å². The molecule has 0 atom stereocenters. The van der Waals surface area contributed by atoms with Crippen LogP contribution in [0.3, 0.4) is 0 Å². The molecule has 1 amide bonds. The highest BCUT2D eigenvalue weighted by atomic mass is 35.5. The van der Waals surface area contributed by atoms with E-state index < -0.39 is 16.7 Å². The highest BCUT2D eigenvalue weighted by molar-refractivity contribution is 7.21. The van der Waals surface area contributed by atoms with Crippen LogP contribution in [0.4, 0.5) is 11.6 Å². The van der Waals surface area contributed by atoms with E-state index in [0.29, 0.717) is 15.6 Å². The highest BCUT2D eigenvalue weighted by Gasteiger charge is 2.20. The number of amides is 1. The number of furan rings is 1. The first-order chi connectivity index (χ1) is 13.4. The third-order valence-corrected chi connectivity index (χ3v) is 5.52. The van der Waals surface area contributed by atoms with E-state index in [2.05, 4.69) is 10.3 Å². The maximum atomic E-state index is 12.3. The molecule has 2 heterocycles. The molecule has 140 valence electrons. The lowest BCUT2D eigenvalue weighted by Crippen LogP contribution is -2.11. The van der Waals surface area contributed by atoms with Crippen molar-refractivity contribution in [1.82, 2.24) is 4.98 Å². The van der Waals surface area contributed by atoms with Crippen LogP contribution in [0, 0.1) is 10.1 Å². The Morgan fingerprint density at radius 3 is 2.64 bits per heavy atom. The van der Waals surface area contributed by atoms with E-state index in [-0.39, 0.29) is 16.5 Å². The number of carbonyl (C=O) groups is 1. The van der Waals surface area contributed by atoms with Crippen LogP contribution in [0.15, 0.2) is 52.9 Å². The number of rotatable bonds is 4. The van der Waals surface area contributed by atoms with Crippen LogP contribution in [0.25, 0.3) is 20.8 Å². The Morgan fingerprint density at radius 1 is 1.14 bits per heavy atom. The normalized spacial score (nSPS) is 10.9. The van der Waals surface area contributed by atoms with Crippen molar-refractivity contribution in [2.24, 2.45) is 0 Å². The van der Waals surface area contributed by atoms with Gasteiger partial charge in [-0.1, -0.05) is 35.3 Å². The van der Waals surface area contributed by atoms with Gasteiger partial charge in [0.05, 0.1) is 32.0 Å². The minimum Gasteiger partial charge on any atom is -0.395 e. The predicted molar refractivity (Wildman–Crippen MR) is 108 cm³/mol. The average Bonchev–Trinajstić information content (AvgIpc) is 3.30. The number of nitrogens with one attached hydrogen (secondary N) is 1. The predicted octanol–water partition coefficient (Wildman–Crippen LogP) is 6.02. The fourth-order valence-electron chi connectivity index (χ4n) is 2.53. The molecule has 0 unspecified atom stereocenters. The second-order valence-electron chi connectivity index (χ2n) is 5.65. The molecule has 2 aromatic heterocycles. The number of benzene rings is 2. The molecule has 0 aliphatic rings. The van der Waals surface area contributed by atoms with Crippen LogP contribution in [-0.4, -0.2) is 15.8 Å². The topological polar surface area (TPSA) is 98.3 Å². The molecule has 0 fully saturated rings. The van der Waals surface area contributed by atoms with Gasteiger partial charge in [0.15, 0.2) is 5.76 Å². The third kappa shape index (κ3) is 3.45. The van der Waals surface area contributed by atoms with Crippen LogP contribution in [0.1, 0.15) is 10.6 Å². The molecule has 0 saturated heterocycles. The summed E-state index contributed by atoms with van der Waals surface area (Å²) >= 11 is 14.0. The second-order valence-corrected chi connectivity index (χ2v) is 7.49. The van der Waals surface area contributed by atoms with Gasteiger partial charge in [-0.3, -0.25) is 14.9 Å².